The van der Waals surface area contributed by atoms with Crippen molar-refractivity contribution in [2.75, 3.05) is 0 Å². The fourth-order valence-corrected chi connectivity index (χ4v) is 2.45. The summed E-state index contributed by atoms with van der Waals surface area (Å²) in [5, 5.41) is 17.5. The first kappa shape index (κ1) is 12.0. The van der Waals surface area contributed by atoms with Crippen LogP contribution < -0.4 is 0 Å². The van der Waals surface area contributed by atoms with E-state index in [4.69, 9.17) is 10.2 Å². The maximum Gasteiger partial charge on any atom is 0.303 e. The largest absolute Gasteiger partial charge is 0.481 e. The fraction of sp³-hybridized carbons (Fsp3) is 0.818. The molecule has 86 valence electrons. The van der Waals surface area contributed by atoms with Crippen LogP contribution in [0.4, 0.5) is 0 Å². The lowest BCUT2D eigenvalue weighted by Crippen LogP contribution is -2.20. The standard InChI is InChI=1S/C11H18O4/c12-10(13)6-8-4-2-1-3-5-9(8)7-11(14)15/h8-9H,1-7H2,(H,12,13)(H,14,15). The molecule has 0 bridgehead atoms. The molecule has 15 heavy (non-hydrogen) atoms. The molecule has 2 unspecified atom stereocenters. The Morgan fingerprint density at radius 1 is 0.867 bits per heavy atom. The number of hydrogen-bond donors (Lipinski definition) is 2. The summed E-state index contributed by atoms with van der Waals surface area (Å²) in [7, 11) is 0. The van der Waals surface area contributed by atoms with E-state index < -0.39 is 11.9 Å². The van der Waals surface area contributed by atoms with E-state index in [0.717, 1.165) is 32.1 Å². The fourth-order valence-electron chi connectivity index (χ4n) is 2.45. The van der Waals surface area contributed by atoms with E-state index >= 15 is 0 Å². The van der Waals surface area contributed by atoms with Crippen LogP contribution in [0.1, 0.15) is 44.9 Å². The van der Waals surface area contributed by atoms with Crippen LogP contribution in [-0.4, -0.2) is 22.2 Å². The smallest absolute Gasteiger partial charge is 0.303 e. The molecule has 4 nitrogen and oxygen atoms in total. The SMILES string of the molecule is O=C(O)CC1CCCCCC1CC(=O)O. The normalized spacial score (nSPS) is 26.9. The highest BCUT2D eigenvalue weighted by atomic mass is 16.4. The van der Waals surface area contributed by atoms with Gasteiger partial charge in [0.05, 0.1) is 0 Å². The van der Waals surface area contributed by atoms with Crippen LogP contribution in [-0.2, 0) is 9.59 Å². The van der Waals surface area contributed by atoms with Crippen molar-refractivity contribution in [1.82, 2.24) is 0 Å². The minimum absolute atomic E-state index is 0.0566. The summed E-state index contributed by atoms with van der Waals surface area (Å²) in [5.74, 6) is -1.50. The van der Waals surface area contributed by atoms with Crippen molar-refractivity contribution in [1.29, 1.82) is 0 Å². The summed E-state index contributed by atoms with van der Waals surface area (Å²) >= 11 is 0. The lowest BCUT2D eigenvalue weighted by molar-refractivity contribution is -0.142. The predicted octanol–water partition coefficient (Wildman–Crippen LogP) is 2.13. The Labute approximate surface area is 89.3 Å². The van der Waals surface area contributed by atoms with Gasteiger partial charge in [0.2, 0.25) is 0 Å². The maximum absolute atomic E-state index is 10.7. The molecule has 1 rings (SSSR count). The summed E-state index contributed by atoms with van der Waals surface area (Å²) in [6.45, 7) is 0. The zero-order valence-electron chi connectivity index (χ0n) is 8.82. The van der Waals surface area contributed by atoms with Crippen LogP contribution in [0.5, 0.6) is 0 Å². The van der Waals surface area contributed by atoms with Crippen molar-refractivity contribution in [3.05, 3.63) is 0 Å². The first-order valence-electron chi connectivity index (χ1n) is 5.53. The zero-order valence-corrected chi connectivity index (χ0v) is 8.82. The van der Waals surface area contributed by atoms with Crippen LogP contribution in [0, 0.1) is 11.8 Å². The molecule has 2 atom stereocenters. The number of carboxylic acids is 2. The topological polar surface area (TPSA) is 74.6 Å². The van der Waals surface area contributed by atoms with Gasteiger partial charge >= 0.3 is 11.9 Å². The average Bonchev–Trinajstić information content (AvgIpc) is 2.30. The van der Waals surface area contributed by atoms with Gasteiger partial charge in [0.15, 0.2) is 0 Å². The van der Waals surface area contributed by atoms with E-state index in [1.54, 1.807) is 0 Å². The van der Waals surface area contributed by atoms with Gasteiger partial charge in [0.25, 0.3) is 0 Å². The molecule has 0 radical (unpaired) electrons. The minimum atomic E-state index is -0.808. The predicted molar refractivity (Wildman–Crippen MR) is 54.6 cm³/mol. The van der Waals surface area contributed by atoms with Gasteiger partial charge in [-0.3, -0.25) is 9.59 Å². The molecule has 4 heteroatoms. The molecule has 0 heterocycles. The Balaban J connectivity index is 2.58. The highest BCUT2D eigenvalue weighted by Crippen LogP contribution is 2.33. The van der Waals surface area contributed by atoms with Gasteiger partial charge in [-0.05, 0) is 24.7 Å². The van der Waals surface area contributed by atoms with Crippen molar-refractivity contribution in [2.45, 2.75) is 44.9 Å². The van der Waals surface area contributed by atoms with Crippen LogP contribution in [0.2, 0.25) is 0 Å². The second kappa shape index (κ2) is 5.73. The molecule has 0 aromatic rings. The molecule has 0 aromatic carbocycles. The highest BCUT2D eigenvalue weighted by molar-refractivity contribution is 5.68. The van der Waals surface area contributed by atoms with E-state index in [0.29, 0.717) is 0 Å². The molecule has 0 amide bonds. The van der Waals surface area contributed by atoms with Gasteiger partial charge in [0.1, 0.15) is 0 Å². The summed E-state index contributed by atoms with van der Waals surface area (Å²) in [6, 6.07) is 0. The van der Waals surface area contributed by atoms with Gasteiger partial charge < -0.3 is 10.2 Å². The first-order valence-corrected chi connectivity index (χ1v) is 5.53. The number of aliphatic carboxylic acids is 2. The third-order valence-corrected chi connectivity index (χ3v) is 3.19. The third-order valence-electron chi connectivity index (χ3n) is 3.19. The molecule has 1 aliphatic carbocycles. The number of carbonyl (C=O) groups is 2. The van der Waals surface area contributed by atoms with Crippen LogP contribution >= 0.6 is 0 Å². The minimum Gasteiger partial charge on any atom is -0.481 e. The van der Waals surface area contributed by atoms with Crippen LogP contribution in [0.15, 0.2) is 0 Å². The van der Waals surface area contributed by atoms with Crippen molar-refractivity contribution in [3.63, 3.8) is 0 Å². The molecule has 1 saturated carbocycles. The molecule has 2 N–H and O–H groups in total. The average molecular weight is 214 g/mol. The summed E-state index contributed by atoms with van der Waals surface area (Å²) < 4.78 is 0. The molecule has 0 aliphatic heterocycles. The number of rotatable bonds is 4. The third kappa shape index (κ3) is 4.32. The summed E-state index contributed by atoms with van der Waals surface area (Å²) in [6.07, 6.45) is 5.15. The summed E-state index contributed by atoms with van der Waals surface area (Å²) in [4.78, 5) is 21.3. The molecule has 0 spiro atoms. The van der Waals surface area contributed by atoms with Gasteiger partial charge in [-0.2, -0.15) is 0 Å². The quantitative estimate of drug-likeness (QED) is 0.703. The van der Waals surface area contributed by atoms with E-state index in [9.17, 15) is 9.59 Å². The Kier molecular flexibility index (Phi) is 4.59. The monoisotopic (exact) mass is 214 g/mol. The molecule has 0 aromatic heterocycles. The van der Waals surface area contributed by atoms with Crippen LogP contribution in [0.25, 0.3) is 0 Å². The van der Waals surface area contributed by atoms with Crippen molar-refractivity contribution in [3.8, 4) is 0 Å². The Morgan fingerprint density at radius 2 is 1.27 bits per heavy atom. The van der Waals surface area contributed by atoms with Crippen molar-refractivity contribution >= 4 is 11.9 Å². The molecule has 1 aliphatic rings. The van der Waals surface area contributed by atoms with E-state index in [2.05, 4.69) is 0 Å². The lowest BCUT2D eigenvalue weighted by Gasteiger charge is -2.21. The first-order chi connectivity index (χ1) is 7.09. The van der Waals surface area contributed by atoms with E-state index in [1.165, 1.54) is 0 Å². The lowest BCUT2D eigenvalue weighted by atomic mass is 9.83. The Morgan fingerprint density at radius 3 is 1.60 bits per heavy atom. The summed E-state index contributed by atoms with van der Waals surface area (Å²) in [5.41, 5.74) is 0. The van der Waals surface area contributed by atoms with E-state index in [1.807, 2.05) is 0 Å². The Bertz CT molecular complexity index is 213. The van der Waals surface area contributed by atoms with Crippen molar-refractivity contribution in [2.24, 2.45) is 11.8 Å². The van der Waals surface area contributed by atoms with Crippen LogP contribution in [0.3, 0.4) is 0 Å². The van der Waals surface area contributed by atoms with Gasteiger partial charge in [-0.15, -0.1) is 0 Å². The van der Waals surface area contributed by atoms with Gasteiger partial charge in [0, 0.05) is 12.8 Å². The van der Waals surface area contributed by atoms with Gasteiger partial charge in [-0.1, -0.05) is 19.3 Å². The molecule has 1 fully saturated rings. The highest BCUT2D eigenvalue weighted by Gasteiger charge is 2.27. The number of carboxylic acid groups (broad SMARTS) is 2. The zero-order chi connectivity index (χ0) is 11.3. The number of hydrogen-bond acceptors (Lipinski definition) is 2. The maximum atomic E-state index is 10.7. The molecular formula is C11H18O4. The molecular weight excluding hydrogens is 196 g/mol. The van der Waals surface area contributed by atoms with Gasteiger partial charge in [-0.25, -0.2) is 0 Å². The second-order valence-corrected chi connectivity index (χ2v) is 4.35. The Hall–Kier alpha value is -1.06. The second-order valence-electron chi connectivity index (χ2n) is 4.35. The van der Waals surface area contributed by atoms with E-state index in [-0.39, 0.29) is 24.7 Å². The van der Waals surface area contributed by atoms with Crippen molar-refractivity contribution < 1.29 is 19.8 Å². The molecule has 0 saturated heterocycles.